The molecule has 3 heterocycles. The number of nitrogens with one attached hydrogen (secondary N) is 1. The van der Waals surface area contributed by atoms with Gasteiger partial charge in [-0.05, 0) is 12.1 Å². The van der Waals surface area contributed by atoms with E-state index in [1.807, 2.05) is 12.1 Å². The predicted molar refractivity (Wildman–Crippen MR) is 62.6 cm³/mol. The van der Waals surface area contributed by atoms with Crippen molar-refractivity contribution >= 4 is 22.8 Å². The Balaban J connectivity index is 1.96. The standard InChI is InChI=1S/C11H8N6/c1-2-8-11(14-3-1)17-10(7-15-8)16-9-6-12-4-5-13-9/h1-7H,(H,13,14,16,17). The van der Waals surface area contributed by atoms with Crippen LogP contribution in [0.2, 0.25) is 0 Å². The summed E-state index contributed by atoms with van der Waals surface area (Å²) in [5.74, 6) is 1.22. The summed E-state index contributed by atoms with van der Waals surface area (Å²) in [6, 6.07) is 3.69. The van der Waals surface area contributed by atoms with Gasteiger partial charge in [-0.2, -0.15) is 0 Å². The first-order valence-electron chi connectivity index (χ1n) is 5.03. The molecule has 0 aromatic carbocycles. The topological polar surface area (TPSA) is 76.5 Å². The molecule has 0 saturated heterocycles. The molecule has 0 aliphatic heterocycles. The molecule has 0 fully saturated rings. The Labute approximate surface area is 96.8 Å². The van der Waals surface area contributed by atoms with E-state index in [4.69, 9.17) is 0 Å². The Morgan fingerprint density at radius 3 is 2.76 bits per heavy atom. The number of rotatable bonds is 2. The molecule has 0 saturated carbocycles. The van der Waals surface area contributed by atoms with Crippen LogP contribution in [-0.2, 0) is 0 Å². The molecule has 3 rings (SSSR count). The second-order valence-electron chi connectivity index (χ2n) is 3.32. The van der Waals surface area contributed by atoms with E-state index in [0.29, 0.717) is 17.3 Å². The molecule has 3 aromatic rings. The zero-order valence-electron chi connectivity index (χ0n) is 8.78. The predicted octanol–water partition coefficient (Wildman–Crippen LogP) is 1.56. The number of pyridine rings is 1. The second kappa shape index (κ2) is 4.09. The Hall–Kier alpha value is -2.63. The van der Waals surface area contributed by atoms with Crippen molar-refractivity contribution in [3.63, 3.8) is 0 Å². The zero-order chi connectivity index (χ0) is 11.5. The number of nitrogens with zero attached hydrogens (tertiary/aromatic N) is 5. The average molecular weight is 224 g/mol. The van der Waals surface area contributed by atoms with Gasteiger partial charge in [-0.3, -0.25) is 4.98 Å². The van der Waals surface area contributed by atoms with Crippen molar-refractivity contribution in [3.05, 3.63) is 43.1 Å². The van der Waals surface area contributed by atoms with Crippen LogP contribution in [0.5, 0.6) is 0 Å². The highest BCUT2D eigenvalue weighted by molar-refractivity contribution is 5.71. The summed E-state index contributed by atoms with van der Waals surface area (Å²) in [6.07, 6.45) is 8.15. The minimum atomic E-state index is 0.594. The molecular formula is C11H8N6. The average Bonchev–Trinajstić information content (AvgIpc) is 2.40. The van der Waals surface area contributed by atoms with E-state index in [-0.39, 0.29) is 0 Å². The lowest BCUT2D eigenvalue weighted by Crippen LogP contribution is -1.98. The highest BCUT2D eigenvalue weighted by Crippen LogP contribution is 2.12. The lowest BCUT2D eigenvalue weighted by Gasteiger charge is -2.03. The summed E-state index contributed by atoms with van der Waals surface area (Å²) in [7, 11) is 0. The smallest absolute Gasteiger partial charge is 0.180 e. The quantitative estimate of drug-likeness (QED) is 0.711. The minimum Gasteiger partial charge on any atom is -0.322 e. The number of anilines is 2. The van der Waals surface area contributed by atoms with Crippen LogP contribution in [0.15, 0.2) is 43.1 Å². The molecule has 6 heteroatoms. The molecule has 0 amide bonds. The third kappa shape index (κ3) is 2.00. The SMILES string of the molecule is c1cnc2nc(Nc3cnccn3)cnc2c1. The summed E-state index contributed by atoms with van der Waals surface area (Å²) in [6.45, 7) is 0. The maximum Gasteiger partial charge on any atom is 0.180 e. The van der Waals surface area contributed by atoms with Gasteiger partial charge in [0.15, 0.2) is 11.5 Å². The number of hydrogen-bond acceptors (Lipinski definition) is 6. The van der Waals surface area contributed by atoms with Crippen LogP contribution in [0.3, 0.4) is 0 Å². The number of hydrogen-bond donors (Lipinski definition) is 1. The highest BCUT2D eigenvalue weighted by Gasteiger charge is 2.00. The maximum absolute atomic E-state index is 4.32. The van der Waals surface area contributed by atoms with Crippen LogP contribution in [0.4, 0.5) is 11.6 Å². The lowest BCUT2D eigenvalue weighted by atomic mass is 10.4. The fourth-order valence-electron chi connectivity index (χ4n) is 1.40. The molecule has 0 bridgehead atoms. The fraction of sp³-hybridized carbons (Fsp3) is 0. The van der Waals surface area contributed by atoms with Gasteiger partial charge in [0.1, 0.15) is 11.3 Å². The molecule has 0 unspecified atom stereocenters. The molecule has 0 atom stereocenters. The van der Waals surface area contributed by atoms with E-state index >= 15 is 0 Å². The van der Waals surface area contributed by atoms with E-state index in [2.05, 4.69) is 30.2 Å². The monoisotopic (exact) mass is 224 g/mol. The molecule has 6 nitrogen and oxygen atoms in total. The van der Waals surface area contributed by atoms with Gasteiger partial charge in [0.25, 0.3) is 0 Å². The van der Waals surface area contributed by atoms with Crippen molar-refractivity contribution in [2.45, 2.75) is 0 Å². The van der Waals surface area contributed by atoms with E-state index in [0.717, 1.165) is 5.52 Å². The van der Waals surface area contributed by atoms with Gasteiger partial charge in [-0.15, -0.1) is 0 Å². The van der Waals surface area contributed by atoms with Gasteiger partial charge in [-0.25, -0.2) is 19.9 Å². The van der Waals surface area contributed by atoms with Crippen molar-refractivity contribution in [1.82, 2.24) is 24.9 Å². The normalized spacial score (nSPS) is 10.4. The van der Waals surface area contributed by atoms with Gasteiger partial charge in [0.05, 0.1) is 12.4 Å². The van der Waals surface area contributed by atoms with Crippen molar-refractivity contribution in [1.29, 1.82) is 0 Å². The lowest BCUT2D eigenvalue weighted by molar-refractivity contribution is 1.17. The van der Waals surface area contributed by atoms with Crippen molar-refractivity contribution < 1.29 is 0 Å². The Bertz CT molecular complexity index is 640. The van der Waals surface area contributed by atoms with Gasteiger partial charge >= 0.3 is 0 Å². The molecule has 3 aromatic heterocycles. The van der Waals surface area contributed by atoms with E-state index in [1.165, 1.54) is 0 Å². The van der Waals surface area contributed by atoms with Gasteiger partial charge in [0, 0.05) is 18.6 Å². The van der Waals surface area contributed by atoms with Crippen LogP contribution in [0.1, 0.15) is 0 Å². The molecule has 0 radical (unpaired) electrons. The van der Waals surface area contributed by atoms with E-state index < -0.39 is 0 Å². The summed E-state index contributed by atoms with van der Waals surface area (Å²) in [5, 5.41) is 3.01. The Morgan fingerprint density at radius 1 is 0.882 bits per heavy atom. The van der Waals surface area contributed by atoms with Crippen LogP contribution >= 0.6 is 0 Å². The summed E-state index contributed by atoms with van der Waals surface area (Å²) < 4.78 is 0. The van der Waals surface area contributed by atoms with Crippen molar-refractivity contribution in [3.8, 4) is 0 Å². The molecule has 1 N–H and O–H groups in total. The zero-order valence-corrected chi connectivity index (χ0v) is 8.78. The largest absolute Gasteiger partial charge is 0.322 e. The fourth-order valence-corrected chi connectivity index (χ4v) is 1.40. The van der Waals surface area contributed by atoms with Crippen LogP contribution in [0.25, 0.3) is 11.2 Å². The van der Waals surface area contributed by atoms with Crippen LogP contribution < -0.4 is 5.32 Å². The molecule has 82 valence electrons. The van der Waals surface area contributed by atoms with Crippen LogP contribution in [-0.4, -0.2) is 24.9 Å². The molecule has 0 spiro atoms. The van der Waals surface area contributed by atoms with Gasteiger partial charge < -0.3 is 5.32 Å². The Morgan fingerprint density at radius 2 is 1.88 bits per heavy atom. The summed E-state index contributed by atoms with van der Waals surface area (Å²) in [5.41, 5.74) is 1.36. The molecular weight excluding hydrogens is 216 g/mol. The first-order chi connectivity index (χ1) is 8.42. The first kappa shape index (κ1) is 9.59. The van der Waals surface area contributed by atoms with E-state index in [1.54, 1.807) is 31.0 Å². The molecule has 0 aliphatic rings. The first-order valence-corrected chi connectivity index (χ1v) is 5.03. The highest BCUT2D eigenvalue weighted by atomic mass is 15.1. The number of fused-ring (bicyclic) bond motifs is 1. The second-order valence-corrected chi connectivity index (χ2v) is 3.32. The third-order valence-electron chi connectivity index (χ3n) is 2.14. The summed E-state index contributed by atoms with van der Waals surface area (Å²) in [4.78, 5) is 20.7. The van der Waals surface area contributed by atoms with Crippen molar-refractivity contribution in [2.75, 3.05) is 5.32 Å². The molecule has 17 heavy (non-hydrogen) atoms. The van der Waals surface area contributed by atoms with Gasteiger partial charge in [0.2, 0.25) is 0 Å². The van der Waals surface area contributed by atoms with Crippen molar-refractivity contribution in [2.24, 2.45) is 0 Å². The van der Waals surface area contributed by atoms with Gasteiger partial charge in [-0.1, -0.05) is 0 Å². The number of aromatic nitrogens is 5. The summed E-state index contributed by atoms with van der Waals surface area (Å²) >= 11 is 0. The Kier molecular flexibility index (Phi) is 2.31. The third-order valence-corrected chi connectivity index (χ3v) is 2.14. The minimum absolute atomic E-state index is 0.594. The molecule has 0 aliphatic carbocycles. The maximum atomic E-state index is 4.32. The van der Waals surface area contributed by atoms with E-state index in [9.17, 15) is 0 Å². The van der Waals surface area contributed by atoms with Crippen LogP contribution in [0, 0.1) is 0 Å².